The molecule has 6 heteroatoms. The van der Waals surface area contributed by atoms with Crippen molar-refractivity contribution in [3.05, 3.63) is 35.6 Å². The standard InChI is InChI=1S/C16H21FN2O2.ClH/c17-13-3-1-12(2-4-13)16(6-9-21-10-7-16)15(20)19-14-5-8-18-11-14;/h1-4,14,18H,5-11H2,(H,19,20);1H. The Labute approximate surface area is 136 Å². The predicted molar refractivity (Wildman–Crippen MR) is 84.8 cm³/mol. The zero-order valence-corrected chi connectivity index (χ0v) is 13.3. The van der Waals surface area contributed by atoms with E-state index in [-0.39, 0.29) is 30.2 Å². The van der Waals surface area contributed by atoms with Crippen molar-refractivity contribution < 1.29 is 13.9 Å². The van der Waals surface area contributed by atoms with E-state index in [0.717, 1.165) is 25.1 Å². The summed E-state index contributed by atoms with van der Waals surface area (Å²) in [6.45, 7) is 2.89. The van der Waals surface area contributed by atoms with Gasteiger partial charge in [0.1, 0.15) is 5.82 Å². The number of hydrogen-bond acceptors (Lipinski definition) is 3. The molecule has 0 aliphatic carbocycles. The van der Waals surface area contributed by atoms with Crippen molar-refractivity contribution in [1.29, 1.82) is 0 Å². The van der Waals surface area contributed by atoms with Gasteiger partial charge in [0.2, 0.25) is 5.91 Å². The second kappa shape index (κ2) is 7.40. The Bertz CT molecular complexity index is 497. The van der Waals surface area contributed by atoms with Crippen LogP contribution in [0.4, 0.5) is 4.39 Å². The molecule has 3 rings (SSSR count). The zero-order valence-electron chi connectivity index (χ0n) is 12.4. The van der Waals surface area contributed by atoms with Crippen LogP contribution in [0.25, 0.3) is 0 Å². The van der Waals surface area contributed by atoms with E-state index in [1.165, 1.54) is 12.1 Å². The summed E-state index contributed by atoms with van der Waals surface area (Å²) in [6, 6.07) is 6.51. The van der Waals surface area contributed by atoms with E-state index in [1.807, 2.05) is 0 Å². The number of halogens is 2. The summed E-state index contributed by atoms with van der Waals surface area (Å²) in [5.41, 5.74) is 0.296. The zero-order chi connectivity index (χ0) is 14.7. The van der Waals surface area contributed by atoms with Crippen molar-refractivity contribution in [2.75, 3.05) is 26.3 Å². The summed E-state index contributed by atoms with van der Waals surface area (Å²) in [4.78, 5) is 12.9. The highest BCUT2D eigenvalue weighted by molar-refractivity contribution is 5.88. The third kappa shape index (κ3) is 3.42. The van der Waals surface area contributed by atoms with E-state index >= 15 is 0 Å². The second-order valence-corrected chi connectivity index (χ2v) is 5.86. The molecular formula is C16H22ClFN2O2. The highest BCUT2D eigenvalue weighted by atomic mass is 35.5. The maximum atomic E-state index is 13.2. The van der Waals surface area contributed by atoms with E-state index in [0.29, 0.717) is 26.1 Å². The average Bonchev–Trinajstić information content (AvgIpc) is 3.01. The Balaban J connectivity index is 0.00000176. The molecule has 0 saturated carbocycles. The van der Waals surface area contributed by atoms with Crippen LogP contribution in [0, 0.1) is 5.82 Å². The second-order valence-electron chi connectivity index (χ2n) is 5.86. The van der Waals surface area contributed by atoms with Crippen LogP contribution in [-0.2, 0) is 14.9 Å². The molecule has 2 heterocycles. The lowest BCUT2D eigenvalue weighted by Gasteiger charge is -2.37. The summed E-state index contributed by atoms with van der Waals surface area (Å²) in [6.07, 6.45) is 2.25. The lowest BCUT2D eigenvalue weighted by atomic mass is 9.73. The lowest BCUT2D eigenvalue weighted by Crippen LogP contribution is -2.51. The van der Waals surface area contributed by atoms with Gasteiger partial charge in [0.15, 0.2) is 0 Å². The smallest absolute Gasteiger partial charge is 0.231 e. The van der Waals surface area contributed by atoms with E-state index in [4.69, 9.17) is 4.74 Å². The van der Waals surface area contributed by atoms with Crippen LogP contribution < -0.4 is 10.6 Å². The number of carbonyl (C=O) groups excluding carboxylic acids is 1. The number of rotatable bonds is 3. The minimum atomic E-state index is -0.589. The highest BCUT2D eigenvalue weighted by Crippen LogP contribution is 2.35. The normalized spacial score (nSPS) is 23.6. The molecule has 2 saturated heterocycles. The van der Waals surface area contributed by atoms with Gasteiger partial charge in [0.05, 0.1) is 5.41 Å². The van der Waals surface area contributed by atoms with Gasteiger partial charge >= 0.3 is 0 Å². The van der Waals surface area contributed by atoms with Gasteiger partial charge in [-0.25, -0.2) is 4.39 Å². The molecule has 2 aliphatic rings. The molecule has 1 amide bonds. The Hall–Kier alpha value is -1.17. The minimum absolute atomic E-state index is 0. The molecule has 4 nitrogen and oxygen atoms in total. The third-order valence-electron chi connectivity index (χ3n) is 4.57. The third-order valence-corrected chi connectivity index (χ3v) is 4.57. The first-order valence-corrected chi connectivity index (χ1v) is 7.56. The highest BCUT2D eigenvalue weighted by Gasteiger charge is 2.42. The maximum Gasteiger partial charge on any atom is 0.231 e. The number of amides is 1. The molecule has 0 bridgehead atoms. The first-order chi connectivity index (χ1) is 10.2. The quantitative estimate of drug-likeness (QED) is 0.889. The summed E-state index contributed by atoms with van der Waals surface area (Å²) >= 11 is 0. The van der Waals surface area contributed by atoms with Crippen molar-refractivity contribution in [3.8, 4) is 0 Å². The van der Waals surface area contributed by atoms with Crippen molar-refractivity contribution in [3.63, 3.8) is 0 Å². The number of benzene rings is 1. The van der Waals surface area contributed by atoms with Crippen LogP contribution in [0.15, 0.2) is 24.3 Å². The molecule has 22 heavy (non-hydrogen) atoms. The molecule has 2 N–H and O–H groups in total. The van der Waals surface area contributed by atoms with Crippen molar-refractivity contribution in [1.82, 2.24) is 10.6 Å². The van der Waals surface area contributed by atoms with Gasteiger partial charge in [-0.3, -0.25) is 4.79 Å². The van der Waals surface area contributed by atoms with E-state index in [2.05, 4.69) is 10.6 Å². The Morgan fingerprint density at radius 1 is 1.27 bits per heavy atom. The maximum absolute atomic E-state index is 13.2. The molecule has 0 aromatic heterocycles. The van der Waals surface area contributed by atoms with Crippen LogP contribution in [-0.4, -0.2) is 38.3 Å². The number of carbonyl (C=O) groups is 1. The van der Waals surface area contributed by atoms with Gasteiger partial charge in [0, 0.05) is 25.8 Å². The molecule has 122 valence electrons. The SMILES string of the molecule is Cl.O=C(NC1CCNC1)C1(c2ccc(F)cc2)CCOCC1. The van der Waals surface area contributed by atoms with Gasteiger partial charge in [-0.1, -0.05) is 12.1 Å². The lowest BCUT2D eigenvalue weighted by molar-refractivity contribution is -0.131. The fraction of sp³-hybridized carbons (Fsp3) is 0.562. The molecule has 1 aromatic rings. The topological polar surface area (TPSA) is 50.4 Å². The predicted octanol–water partition coefficient (Wildman–Crippen LogP) is 1.77. The molecule has 1 unspecified atom stereocenters. The summed E-state index contributed by atoms with van der Waals surface area (Å²) in [7, 11) is 0. The van der Waals surface area contributed by atoms with Gasteiger partial charge in [-0.15, -0.1) is 12.4 Å². The van der Waals surface area contributed by atoms with E-state index in [1.54, 1.807) is 12.1 Å². The van der Waals surface area contributed by atoms with Crippen molar-refractivity contribution >= 4 is 18.3 Å². The first kappa shape index (κ1) is 17.2. The Morgan fingerprint density at radius 2 is 1.95 bits per heavy atom. The number of hydrogen-bond donors (Lipinski definition) is 2. The molecule has 2 aliphatic heterocycles. The number of ether oxygens (including phenoxy) is 1. The fourth-order valence-corrected chi connectivity index (χ4v) is 3.24. The molecule has 1 atom stereocenters. The van der Waals surface area contributed by atoms with Crippen LogP contribution in [0.3, 0.4) is 0 Å². The van der Waals surface area contributed by atoms with Gasteiger partial charge in [0.25, 0.3) is 0 Å². The molecule has 0 radical (unpaired) electrons. The molecule has 1 aromatic carbocycles. The number of nitrogens with one attached hydrogen (secondary N) is 2. The van der Waals surface area contributed by atoms with Crippen LogP contribution in [0.2, 0.25) is 0 Å². The molecule has 2 fully saturated rings. The van der Waals surface area contributed by atoms with Crippen LogP contribution >= 0.6 is 12.4 Å². The van der Waals surface area contributed by atoms with Gasteiger partial charge < -0.3 is 15.4 Å². The average molecular weight is 329 g/mol. The largest absolute Gasteiger partial charge is 0.381 e. The summed E-state index contributed by atoms with van der Waals surface area (Å²) in [5, 5.41) is 6.40. The first-order valence-electron chi connectivity index (χ1n) is 7.56. The molecular weight excluding hydrogens is 307 g/mol. The van der Waals surface area contributed by atoms with Gasteiger partial charge in [-0.05, 0) is 43.5 Å². The van der Waals surface area contributed by atoms with Crippen molar-refractivity contribution in [2.45, 2.75) is 30.7 Å². The summed E-state index contributed by atoms with van der Waals surface area (Å²) in [5.74, 6) is -0.229. The monoisotopic (exact) mass is 328 g/mol. The Kier molecular flexibility index (Phi) is 5.78. The molecule has 0 spiro atoms. The van der Waals surface area contributed by atoms with E-state index in [9.17, 15) is 9.18 Å². The van der Waals surface area contributed by atoms with Crippen LogP contribution in [0.1, 0.15) is 24.8 Å². The Morgan fingerprint density at radius 3 is 2.55 bits per heavy atom. The summed E-state index contributed by atoms with van der Waals surface area (Å²) < 4.78 is 18.6. The van der Waals surface area contributed by atoms with Crippen LogP contribution in [0.5, 0.6) is 0 Å². The minimum Gasteiger partial charge on any atom is -0.381 e. The van der Waals surface area contributed by atoms with E-state index < -0.39 is 5.41 Å². The van der Waals surface area contributed by atoms with Crippen molar-refractivity contribution in [2.24, 2.45) is 0 Å². The van der Waals surface area contributed by atoms with Gasteiger partial charge in [-0.2, -0.15) is 0 Å². The fourth-order valence-electron chi connectivity index (χ4n) is 3.24.